The molecule has 0 saturated heterocycles. The van der Waals surface area contributed by atoms with Crippen LogP contribution in [-0.2, 0) is 6.42 Å². The highest BCUT2D eigenvalue weighted by atomic mass is 32.2. The standard InChI is InChI=1S/C21H20N4OS3/c1-12-7-6-10-15-16(12)17-18-23-24-21(25(18)20(27-2)22-19(17)29-15)28-11-14(26)13-8-4-3-5-9-13/h3-5,8-9,12H,6-7,10-11H2,1-2H3. The topological polar surface area (TPSA) is 60.2 Å². The van der Waals surface area contributed by atoms with Gasteiger partial charge in [0.15, 0.2) is 21.7 Å². The van der Waals surface area contributed by atoms with E-state index in [2.05, 4.69) is 17.1 Å². The van der Waals surface area contributed by atoms with Crippen LogP contribution < -0.4 is 0 Å². The van der Waals surface area contributed by atoms with Crippen molar-refractivity contribution >= 4 is 56.5 Å². The van der Waals surface area contributed by atoms with Crippen LogP contribution in [0.15, 0.2) is 40.6 Å². The number of nitrogens with zero attached hydrogens (tertiary/aromatic N) is 4. The molecule has 148 valence electrons. The maximum Gasteiger partial charge on any atom is 0.198 e. The summed E-state index contributed by atoms with van der Waals surface area (Å²) in [6.45, 7) is 2.30. The molecule has 0 spiro atoms. The van der Waals surface area contributed by atoms with E-state index in [1.165, 1.54) is 35.0 Å². The van der Waals surface area contributed by atoms with Gasteiger partial charge in [0.1, 0.15) is 4.83 Å². The van der Waals surface area contributed by atoms with Gasteiger partial charge >= 0.3 is 0 Å². The first kappa shape index (κ1) is 19.1. The van der Waals surface area contributed by atoms with Gasteiger partial charge in [0, 0.05) is 10.4 Å². The second-order valence-electron chi connectivity index (χ2n) is 7.23. The summed E-state index contributed by atoms with van der Waals surface area (Å²) in [5.41, 5.74) is 3.01. The number of hydrogen-bond acceptors (Lipinski definition) is 7. The average Bonchev–Trinajstić information content (AvgIpc) is 3.33. The highest BCUT2D eigenvalue weighted by Crippen LogP contribution is 2.44. The summed E-state index contributed by atoms with van der Waals surface area (Å²) in [5, 5.41) is 11.8. The normalized spacial score (nSPS) is 16.4. The lowest BCUT2D eigenvalue weighted by Crippen LogP contribution is -2.05. The number of carbonyl (C=O) groups is 1. The Kier molecular flexibility index (Phi) is 5.09. The van der Waals surface area contributed by atoms with E-state index in [1.54, 1.807) is 23.1 Å². The van der Waals surface area contributed by atoms with Crippen molar-refractivity contribution in [3.8, 4) is 0 Å². The van der Waals surface area contributed by atoms with Crippen LogP contribution in [0.2, 0.25) is 0 Å². The highest BCUT2D eigenvalue weighted by molar-refractivity contribution is 8.00. The number of fused-ring (bicyclic) bond motifs is 5. The number of ketones is 1. The maximum absolute atomic E-state index is 12.5. The molecule has 0 fully saturated rings. The van der Waals surface area contributed by atoms with Crippen molar-refractivity contribution in [2.45, 2.75) is 42.4 Å². The first-order valence-corrected chi connectivity index (χ1v) is 12.7. The third-order valence-electron chi connectivity index (χ3n) is 5.39. The zero-order valence-corrected chi connectivity index (χ0v) is 18.7. The monoisotopic (exact) mass is 440 g/mol. The van der Waals surface area contributed by atoms with Crippen molar-refractivity contribution < 1.29 is 4.79 Å². The van der Waals surface area contributed by atoms with Crippen LogP contribution >= 0.6 is 34.9 Å². The van der Waals surface area contributed by atoms with Gasteiger partial charge in [-0.05, 0) is 37.0 Å². The van der Waals surface area contributed by atoms with Crippen molar-refractivity contribution in [3.63, 3.8) is 0 Å². The molecule has 0 saturated carbocycles. The van der Waals surface area contributed by atoms with Gasteiger partial charge in [-0.1, -0.05) is 60.8 Å². The molecule has 3 aromatic heterocycles. The third kappa shape index (κ3) is 3.27. The molecule has 4 aromatic rings. The van der Waals surface area contributed by atoms with Crippen molar-refractivity contribution in [1.29, 1.82) is 0 Å². The summed E-state index contributed by atoms with van der Waals surface area (Å²) in [5.74, 6) is 0.939. The van der Waals surface area contributed by atoms with Gasteiger partial charge in [0.25, 0.3) is 0 Å². The van der Waals surface area contributed by atoms with Gasteiger partial charge < -0.3 is 0 Å². The summed E-state index contributed by atoms with van der Waals surface area (Å²) in [4.78, 5) is 20.0. The SMILES string of the molecule is CSc1nc2sc3c(c2c2nnc(SCC(=O)c4ccccc4)n12)C(C)CCC3. The molecule has 5 rings (SSSR count). The molecule has 1 aliphatic carbocycles. The zero-order valence-electron chi connectivity index (χ0n) is 16.2. The molecule has 0 amide bonds. The summed E-state index contributed by atoms with van der Waals surface area (Å²) in [7, 11) is 0. The van der Waals surface area contributed by atoms with E-state index in [-0.39, 0.29) is 5.78 Å². The molecule has 8 heteroatoms. The smallest absolute Gasteiger partial charge is 0.198 e. The molecular formula is C21H20N4OS3. The molecule has 1 atom stereocenters. The first-order valence-electron chi connectivity index (χ1n) is 9.62. The fourth-order valence-corrected chi connectivity index (χ4v) is 6.81. The summed E-state index contributed by atoms with van der Waals surface area (Å²) < 4.78 is 2.03. The number of aryl methyl sites for hydroxylation is 1. The number of carbonyl (C=O) groups excluding carboxylic acids is 1. The van der Waals surface area contributed by atoms with Gasteiger partial charge in [-0.15, -0.1) is 21.5 Å². The van der Waals surface area contributed by atoms with Crippen molar-refractivity contribution in [3.05, 3.63) is 46.3 Å². The molecule has 0 N–H and O–H groups in total. The number of thiophene rings is 1. The van der Waals surface area contributed by atoms with Gasteiger partial charge in [-0.25, -0.2) is 9.38 Å². The largest absolute Gasteiger partial charge is 0.293 e. The van der Waals surface area contributed by atoms with Crippen LogP contribution in [0.25, 0.3) is 15.9 Å². The molecule has 3 heterocycles. The molecule has 1 unspecified atom stereocenters. The molecule has 0 bridgehead atoms. The summed E-state index contributed by atoms with van der Waals surface area (Å²) in [6.07, 6.45) is 5.59. The van der Waals surface area contributed by atoms with Crippen LogP contribution in [0.1, 0.15) is 46.5 Å². The fourth-order valence-electron chi connectivity index (χ4n) is 4.00. The lowest BCUT2D eigenvalue weighted by atomic mass is 9.87. The average molecular weight is 441 g/mol. The number of benzene rings is 1. The van der Waals surface area contributed by atoms with Crippen LogP contribution in [0.5, 0.6) is 0 Å². The molecular weight excluding hydrogens is 420 g/mol. The Labute approximate surface area is 181 Å². The summed E-state index contributed by atoms with van der Waals surface area (Å²) in [6, 6.07) is 9.39. The number of thioether (sulfide) groups is 2. The number of hydrogen-bond donors (Lipinski definition) is 0. The third-order valence-corrected chi connectivity index (χ3v) is 8.12. The van der Waals surface area contributed by atoms with Crippen LogP contribution in [0, 0.1) is 0 Å². The fraction of sp³-hybridized carbons (Fsp3) is 0.333. The second-order valence-corrected chi connectivity index (χ2v) is 10.0. The lowest BCUT2D eigenvalue weighted by molar-refractivity contribution is 0.102. The van der Waals surface area contributed by atoms with E-state index in [9.17, 15) is 4.79 Å². The Balaban J connectivity index is 1.58. The first-order chi connectivity index (χ1) is 14.2. The molecule has 1 aliphatic rings. The van der Waals surface area contributed by atoms with Crippen LogP contribution in [-0.4, -0.2) is 37.4 Å². The molecule has 0 radical (unpaired) electrons. The molecule has 0 aliphatic heterocycles. The van der Waals surface area contributed by atoms with E-state index in [4.69, 9.17) is 4.98 Å². The van der Waals surface area contributed by atoms with Crippen LogP contribution in [0.4, 0.5) is 0 Å². The Morgan fingerprint density at radius 3 is 2.86 bits per heavy atom. The van der Waals surface area contributed by atoms with Crippen molar-refractivity contribution in [1.82, 2.24) is 19.6 Å². The minimum atomic E-state index is 0.0913. The van der Waals surface area contributed by atoms with Gasteiger partial charge in [0.05, 0.1) is 11.1 Å². The summed E-state index contributed by atoms with van der Waals surface area (Å²) >= 11 is 4.82. The zero-order chi connectivity index (χ0) is 20.0. The van der Waals surface area contributed by atoms with Crippen LogP contribution in [0.3, 0.4) is 0 Å². The Morgan fingerprint density at radius 2 is 2.07 bits per heavy atom. The highest BCUT2D eigenvalue weighted by Gasteiger charge is 2.27. The quantitative estimate of drug-likeness (QED) is 0.233. The van der Waals surface area contributed by atoms with Crippen molar-refractivity contribution in [2.75, 3.05) is 12.0 Å². The number of Topliss-reactive ketones (excluding diaryl/α,β-unsaturated/α-hetero) is 1. The van der Waals surface area contributed by atoms with Gasteiger partial charge in [-0.3, -0.25) is 4.79 Å². The second kappa shape index (κ2) is 7.74. The minimum absolute atomic E-state index is 0.0913. The number of aromatic nitrogens is 4. The minimum Gasteiger partial charge on any atom is -0.293 e. The van der Waals surface area contributed by atoms with E-state index in [1.807, 2.05) is 41.0 Å². The van der Waals surface area contributed by atoms with E-state index >= 15 is 0 Å². The molecule has 29 heavy (non-hydrogen) atoms. The predicted octanol–water partition coefficient (Wildman–Crippen LogP) is 5.48. The molecule has 1 aromatic carbocycles. The van der Waals surface area contributed by atoms with Gasteiger partial charge in [-0.2, -0.15) is 0 Å². The number of rotatable bonds is 5. The lowest BCUT2D eigenvalue weighted by Gasteiger charge is -2.18. The maximum atomic E-state index is 12.5. The Morgan fingerprint density at radius 1 is 1.24 bits per heavy atom. The molecule has 5 nitrogen and oxygen atoms in total. The Bertz CT molecular complexity index is 1220. The van der Waals surface area contributed by atoms with E-state index < -0.39 is 0 Å². The van der Waals surface area contributed by atoms with Gasteiger partial charge in [0.2, 0.25) is 0 Å². The van der Waals surface area contributed by atoms with E-state index in [0.29, 0.717) is 11.7 Å². The predicted molar refractivity (Wildman–Crippen MR) is 121 cm³/mol. The van der Waals surface area contributed by atoms with Crippen molar-refractivity contribution in [2.24, 2.45) is 0 Å². The Hall–Kier alpha value is -1.90. The van der Waals surface area contributed by atoms with E-state index in [0.717, 1.165) is 38.2 Å².